The van der Waals surface area contributed by atoms with Crippen molar-refractivity contribution in [3.05, 3.63) is 23.9 Å². The van der Waals surface area contributed by atoms with Gasteiger partial charge in [-0.1, -0.05) is 41.5 Å². The minimum Gasteiger partial charge on any atom is -0.365 e. The number of hydrogen-bond acceptors (Lipinski definition) is 2. The number of aromatic amines is 1. The highest BCUT2D eigenvalue weighted by atomic mass is 14.9. The van der Waals surface area contributed by atoms with E-state index in [1.165, 1.54) is 0 Å². The molecule has 0 unspecified atom stereocenters. The Morgan fingerprint density at radius 2 is 1.53 bits per heavy atom. The Morgan fingerprint density at radius 1 is 0.882 bits per heavy atom. The number of nitrogens with zero attached hydrogens (tertiary/aromatic N) is 2. The first kappa shape index (κ1) is 12.1. The number of hydrogen-bond donors (Lipinski definition) is 1. The first-order valence-electron chi connectivity index (χ1n) is 6.05. The molecule has 0 saturated carbocycles. The van der Waals surface area contributed by atoms with E-state index in [-0.39, 0.29) is 10.8 Å². The van der Waals surface area contributed by atoms with Crippen LogP contribution in [-0.2, 0) is 10.8 Å². The van der Waals surface area contributed by atoms with Crippen LogP contribution in [0, 0.1) is 0 Å². The molecule has 0 aromatic carbocycles. The van der Waals surface area contributed by atoms with Gasteiger partial charge in [-0.2, -0.15) is 0 Å². The summed E-state index contributed by atoms with van der Waals surface area (Å²) in [6.45, 7) is 13.0. The molecule has 0 aliphatic heterocycles. The van der Waals surface area contributed by atoms with Crippen LogP contribution in [0.3, 0.4) is 0 Å². The van der Waals surface area contributed by atoms with Gasteiger partial charge in [0.1, 0.15) is 5.82 Å². The van der Waals surface area contributed by atoms with Crippen LogP contribution in [0.1, 0.15) is 53.1 Å². The summed E-state index contributed by atoms with van der Waals surface area (Å²) >= 11 is 0. The Bertz CT molecular complexity index is 539. The number of nitrogens with one attached hydrogen (secondary N) is 1. The number of fused-ring (bicyclic) bond motifs is 1. The second-order valence-electron chi connectivity index (χ2n) is 6.65. The van der Waals surface area contributed by atoms with E-state index in [9.17, 15) is 0 Å². The molecule has 2 aromatic rings. The summed E-state index contributed by atoms with van der Waals surface area (Å²) in [5.74, 6) is 0.912. The third-order valence-corrected chi connectivity index (χ3v) is 2.80. The van der Waals surface area contributed by atoms with Crippen LogP contribution in [-0.4, -0.2) is 15.0 Å². The number of H-pyrrole nitrogens is 1. The maximum Gasteiger partial charge on any atom is 0.134 e. The Hall–Kier alpha value is -1.38. The van der Waals surface area contributed by atoms with E-state index >= 15 is 0 Å². The molecule has 0 saturated heterocycles. The Balaban J connectivity index is 2.76. The van der Waals surface area contributed by atoms with E-state index in [1.54, 1.807) is 0 Å². The molecule has 17 heavy (non-hydrogen) atoms. The van der Waals surface area contributed by atoms with Crippen molar-refractivity contribution in [1.29, 1.82) is 0 Å². The molecule has 3 nitrogen and oxygen atoms in total. The van der Waals surface area contributed by atoms with Gasteiger partial charge in [0.15, 0.2) is 0 Å². The van der Waals surface area contributed by atoms with Crippen molar-refractivity contribution >= 4 is 10.9 Å². The fourth-order valence-electron chi connectivity index (χ4n) is 1.85. The monoisotopic (exact) mass is 231 g/mol. The van der Waals surface area contributed by atoms with Gasteiger partial charge in [-0.25, -0.2) is 9.97 Å². The molecule has 2 heterocycles. The summed E-state index contributed by atoms with van der Waals surface area (Å²) in [6.07, 6.45) is 3.93. The van der Waals surface area contributed by atoms with E-state index in [0.29, 0.717) is 0 Å². The largest absolute Gasteiger partial charge is 0.365 e. The van der Waals surface area contributed by atoms with E-state index in [0.717, 1.165) is 22.4 Å². The number of rotatable bonds is 0. The molecular weight excluding hydrogens is 210 g/mol. The quantitative estimate of drug-likeness (QED) is 0.753. The lowest BCUT2D eigenvalue weighted by Crippen LogP contribution is -2.21. The zero-order chi connectivity index (χ0) is 12.8. The summed E-state index contributed by atoms with van der Waals surface area (Å²) in [4.78, 5) is 12.5. The third-order valence-electron chi connectivity index (χ3n) is 2.80. The molecular formula is C14H21N3. The van der Waals surface area contributed by atoms with Crippen molar-refractivity contribution in [3.63, 3.8) is 0 Å². The Morgan fingerprint density at radius 3 is 2.06 bits per heavy atom. The van der Waals surface area contributed by atoms with Gasteiger partial charge >= 0.3 is 0 Å². The van der Waals surface area contributed by atoms with Crippen LogP contribution >= 0.6 is 0 Å². The van der Waals surface area contributed by atoms with E-state index in [4.69, 9.17) is 4.98 Å². The van der Waals surface area contributed by atoms with E-state index in [2.05, 4.69) is 51.5 Å². The molecule has 3 heteroatoms. The second kappa shape index (κ2) is 3.56. The summed E-state index contributed by atoms with van der Waals surface area (Å²) in [6, 6.07) is 0. The smallest absolute Gasteiger partial charge is 0.134 e. The minimum absolute atomic E-state index is 0.0224. The summed E-state index contributed by atoms with van der Waals surface area (Å²) in [5, 5.41) is 1.13. The van der Waals surface area contributed by atoms with Gasteiger partial charge in [0, 0.05) is 28.6 Å². The van der Waals surface area contributed by atoms with Gasteiger partial charge in [0.25, 0.3) is 0 Å². The average Bonchev–Trinajstić information content (AvgIpc) is 2.59. The first-order valence-corrected chi connectivity index (χ1v) is 6.05. The third kappa shape index (κ3) is 2.19. The molecule has 0 radical (unpaired) electrons. The van der Waals surface area contributed by atoms with E-state index in [1.807, 2.05) is 12.4 Å². The summed E-state index contributed by atoms with van der Waals surface area (Å²) < 4.78 is 0. The Labute approximate surface area is 103 Å². The lowest BCUT2D eigenvalue weighted by atomic mass is 9.88. The standard InChI is InChI=1S/C14H21N3/c1-13(2,3)11-9-7-15-8-10(9)16-12(17-11)14(4,5)6/h7-8,15H,1-6H3. The molecule has 2 rings (SSSR count). The molecule has 0 fully saturated rings. The second-order valence-corrected chi connectivity index (χ2v) is 6.65. The van der Waals surface area contributed by atoms with Gasteiger partial charge < -0.3 is 4.98 Å². The van der Waals surface area contributed by atoms with Crippen molar-refractivity contribution in [2.24, 2.45) is 0 Å². The molecule has 0 atom stereocenters. The van der Waals surface area contributed by atoms with Crippen molar-refractivity contribution in [2.75, 3.05) is 0 Å². The lowest BCUT2D eigenvalue weighted by Gasteiger charge is -2.23. The highest BCUT2D eigenvalue weighted by molar-refractivity contribution is 5.81. The summed E-state index contributed by atoms with van der Waals surface area (Å²) in [7, 11) is 0. The predicted octanol–water partition coefficient (Wildman–Crippen LogP) is 3.55. The molecule has 0 amide bonds. The fourth-order valence-corrected chi connectivity index (χ4v) is 1.85. The molecule has 0 aliphatic rings. The zero-order valence-corrected chi connectivity index (χ0v) is 11.5. The van der Waals surface area contributed by atoms with Crippen LogP contribution in [0.2, 0.25) is 0 Å². The molecule has 0 aliphatic carbocycles. The molecule has 0 spiro atoms. The van der Waals surface area contributed by atoms with E-state index < -0.39 is 0 Å². The first-order chi connectivity index (χ1) is 7.69. The van der Waals surface area contributed by atoms with Crippen LogP contribution in [0.4, 0.5) is 0 Å². The van der Waals surface area contributed by atoms with Crippen LogP contribution in [0.5, 0.6) is 0 Å². The van der Waals surface area contributed by atoms with Crippen molar-refractivity contribution in [3.8, 4) is 0 Å². The SMILES string of the molecule is CC(C)(C)c1nc(C(C)(C)C)c2c[nH]cc2n1. The molecule has 0 bridgehead atoms. The van der Waals surface area contributed by atoms with Crippen LogP contribution in [0.25, 0.3) is 10.9 Å². The maximum absolute atomic E-state index is 4.78. The van der Waals surface area contributed by atoms with Gasteiger partial charge in [-0.3, -0.25) is 0 Å². The van der Waals surface area contributed by atoms with Gasteiger partial charge in [-0.15, -0.1) is 0 Å². The van der Waals surface area contributed by atoms with Gasteiger partial charge in [-0.05, 0) is 0 Å². The highest BCUT2D eigenvalue weighted by Crippen LogP contribution is 2.30. The average molecular weight is 231 g/mol. The lowest BCUT2D eigenvalue weighted by molar-refractivity contribution is 0.520. The molecule has 1 N–H and O–H groups in total. The van der Waals surface area contributed by atoms with Crippen molar-refractivity contribution < 1.29 is 0 Å². The normalized spacial score (nSPS) is 13.3. The van der Waals surface area contributed by atoms with Crippen LogP contribution < -0.4 is 0 Å². The summed E-state index contributed by atoms with van der Waals surface area (Å²) in [5.41, 5.74) is 2.14. The topological polar surface area (TPSA) is 41.6 Å². The van der Waals surface area contributed by atoms with Crippen LogP contribution in [0.15, 0.2) is 12.4 Å². The minimum atomic E-state index is -0.0224. The van der Waals surface area contributed by atoms with Crippen molar-refractivity contribution in [1.82, 2.24) is 15.0 Å². The highest BCUT2D eigenvalue weighted by Gasteiger charge is 2.25. The van der Waals surface area contributed by atoms with Gasteiger partial charge in [0.05, 0.1) is 11.2 Å². The number of aromatic nitrogens is 3. The fraction of sp³-hybridized carbons (Fsp3) is 0.571. The zero-order valence-electron chi connectivity index (χ0n) is 11.5. The maximum atomic E-state index is 4.78. The predicted molar refractivity (Wildman–Crippen MR) is 71.3 cm³/mol. The van der Waals surface area contributed by atoms with Gasteiger partial charge in [0.2, 0.25) is 0 Å². The van der Waals surface area contributed by atoms with Crippen molar-refractivity contribution in [2.45, 2.75) is 52.4 Å². The Kier molecular flexibility index (Phi) is 2.53. The molecule has 2 aromatic heterocycles. The molecule has 92 valence electrons.